The van der Waals surface area contributed by atoms with E-state index in [1.54, 1.807) is 4.90 Å². The normalized spacial score (nSPS) is 26.8. The lowest BCUT2D eigenvalue weighted by Gasteiger charge is -2.20. The Hall–Kier alpha value is -1.55. The minimum absolute atomic E-state index is 0.109. The number of nitrogens with zero attached hydrogens (tertiary/aromatic N) is 1. The predicted molar refractivity (Wildman–Crippen MR) is 64.8 cm³/mol. The van der Waals surface area contributed by atoms with Gasteiger partial charge in [-0.1, -0.05) is 18.2 Å². The molecule has 0 bridgehead atoms. The third-order valence-corrected chi connectivity index (χ3v) is 3.54. The number of aliphatic hydroxyl groups excluding tert-OH is 1. The molecule has 4 heteroatoms. The average molecular weight is 232 g/mol. The zero-order valence-corrected chi connectivity index (χ0v) is 9.60. The van der Waals surface area contributed by atoms with Gasteiger partial charge in [0.15, 0.2) is 0 Å². The van der Waals surface area contributed by atoms with Crippen molar-refractivity contribution in [2.24, 2.45) is 0 Å². The van der Waals surface area contributed by atoms with E-state index in [1.165, 1.54) is 5.56 Å². The highest BCUT2D eigenvalue weighted by Crippen LogP contribution is 2.26. The first-order valence-electron chi connectivity index (χ1n) is 6.05. The number of aliphatic hydroxyl groups is 1. The first kappa shape index (κ1) is 10.6. The first-order valence-corrected chi connectivity index (χ1v) is 6.05. The van der Waals surface area contributed by atoms with Crippen LogP contribution in [-0.2, 0) is 11.2 Å². The second kappa shape index (κ2) is 4.04. The Bertz CT molecular complexity index is 422. The topological polar surface area (TPSA) is 52.6 Å². The highest BCUT2D eigenvalue weighted by Gasteiger charge is 2.33. The number of anilines is 1. The third-order valence-electron chi connectivity index (χ3n) is 3.54. The van der Waals surface area contributed by atoms with Crippen molar-refractivity contribution in [2.45, 2.75) is 25.0 Å². The van der Waals surface area contributed by atoms with Crippen molar-refractivity contribution in [2.75, 3.05) is 18.4 Å². The second-order valence-corrected chi connectivity index (χ2v) is 4.78. The zero-order chi connectivity index (χ0) is 11.8. The number of β-amino-alcohol motifs (C(OH)–C–C–N with tert-alkyl or cyclic N) is 1. The summed E-state index contributed by atoms with van der Waals surface area (Å²) in [6.45, 7) is 1.15. The van der Waals surface area contributed by atoms with E-state index in [1.807, 2.05) is 18.2 Å². The van der Waals surface area contributed by atoms with E-state index >= 15 is 0 Å². The van der Waals surface area contributed by atoms with Crippen LogP contribution < -0.4 is 5.32 Å². The molecular weight excluding hydrogens is 216 g/mol. The maximum absolute atomic E-state index is 12.2. The lowest BCUT2D eigenvalue weighted by Crippen LogP contribution is -2.41. The van der Waals surface area contributed by atoms with E-state index in [0.29, 0.717) is 19.5 Å². The molecule has 0 aromatic heterocycles. The van der Waals surface area contributed by atoms with Crippen LogP contribution in [0.4, 0.5) is 5.69 Å². The molecule has 2 N–H and O–H groups in total. The third kappa shape index (κ3) is 1.89. The summed E-state index contributed by atoms with van der Waals surface area (Å²) in [5, 5.41) is 12.7. The standard InChI is InChI=1S/C13H16N2O2/c16-10-5-6-15(8-10)13(17)12-7-9-3-1-2-4-11(9)14-12/h1-4,10,12,14,16H,5-8H2/t10-,12-/m0/s1. The summed E-state index contributed by atoms with van der Waals surface area (Å²) in [4.78, 5) is 14.0. The molecule has 1 amide bonds. The minimum atomic E-state index is -0.345. The number of rotatable bonds is 1. The maximum Gasteiger partial charge on any atom is 0.245 e. The van der Waals surface area contributed by atoms with Crippen LogP contribution in [-0.4, -0.2) is 41.1 Å². The summed E-state index contributed by atoms with van der Waals surface area (Å²) in [5.74, 6) is 0.109. The summed E-state index contributed by atoms with van der Waals surface area (Å²) < 4.78 is 0. The highest BCUT2D eigenvalue weighted by molar-refractivity contribution is 5.87. The number of fused-ring (bicyclic) bond motifs is 1. The Morgan fingerprint density at radius 1 is 1.41 bits per heavy atom. The fourth-order valence-electron chi connectivity index (χ4n) is 2.61. The molecule has 2 heterocycles. The van der Waals surface area contributed by atoms with Crippen molar-refractivity contribution in [1.82, 2.24) is 4.90 Å². The summed E-state index contributed by atoms with van der Waals surface area (Å²) in [6.07, 6.45) is 1.11. The number of likely N-dealkylation sites (tertiary alicyclic amines) is 1. The Kier molecular flexibility index (Phi) is 2.52. The minimum Gasteiger partial charge on any atom is -0.391 e. The number of nitrogens with one attached hydrogen (secondary N) is 1. The number of carbonyl (C=O) groups excluding carboxylic acids is 1. The van der Waals surface area contributed by atoms with Crippen LogP contribution in [0.3, 0.4) is 0 Å². The number of hydrogen-bond acceptors (Lipinski definition) is 3. The van der Waals surface area contributed by atoms with Gasteiger partial charge in [0.2, 0.25) is 5.91 Å². The van der Waals surface area contributed by atoms with Crippen LogP contribution in [0.5, 0.6) is 0 Å². The smallest absolute Gasteiger partial charge is 0.245 e. The molecular formula is C13H16N2O2. The van der Waals surface area contributed by atoms with E-state index in [2.05, 4.69) is 11.4 Å². The molecule has 1 aromatic carbocycles. The Balaban J connectivity index is 1.70. The van der Waals surface area contributed by atoms with Crippen molar-refractivity contribution < 1.29 is 9.90 Å². The summed E-state index contributed by atoms with van der Waals surface area (Å²) in [7, 11) is 0. The molecule has 1 fully saturated rings. The van der Waals surface area contributed by atoms with E-state index < -0.39 is 0 Å². The van der Waals surface area contributed by atoms with Crippen molar-refractivity contribution in [1.29, 1.82) is 0 Å². The molecule has 17 heavy (non-hydrogen) atoms. The first-order chi connectivity index (χ1) is 8.24. The molecule has 2 atom stereocenters. The van der Waals surface area contributed by atoms with Crippen molar-refractivity contribution in [3.8, 4) is 0 Å². The van der Waals surface area contributed by atoms with Gasteiger partial charge in [-0.25, -0.2) is 0 Å². The van der Waals surface area contributed by atoms with E-state index in [-0.39, 0.29) is 18.1 Å². The number of hydrogen-bond donors (Lipinski definition) is 2. The lowest BCUT2D eigenvalue weighted by atomic mass is 10.1. The Labute approximate surface area is 100 Å². The molecule has 2 aliphatic heterocycles. The largest absolute Gasteiger partial charge is 0.391 e. The molecule has 0 radical (unpaired) electrons. The SMILES string of the molecule is O=C([C@@H]1Cc2ccccc2N1)N1CC[C@H](O)C1. The number of benzene rings is 1. The van der Waals surface area contributed by atoms with Gasteiger partial charge >= 0.3 is 0 Å². The van der Waals surface area contributed by atoms with E-state index in [0.717, 1.165) is 12.1 Å². The van der Waals surface area contributed by atoms with Gasteiger partial charge in [-0.3, -0.25) is 4.79 Å². The second-order valence-electron chi connectivity index (χ2n) is 4.78. The average Bonchev–Trinajstić information content (AvgIpc) is 2.93. The maximum atomic E-state index is 12.2. The van der Waals surface area contributed by atoms with Crippen LogP contribution >= 0.6 is 0 Å². The molecule has 3 rings (SSSR count). The van der Waals surface area contributed by atoms with Gasteiger partial charge in [0.25, 0.3) is 0 Å². The van der Waals surface area contributed by atoms with Gasteiger partial charge in [-0.05, 0) is 18.1 Å². The molecule has 0 spiro atoms. The molecule has 4 nitrogen and oxygen atoms in total. The molecule has 0 unspecified atom stereocenters. The summed E-state index contributed by atoms with van der Waals surface area (Å²) >= 11 is 0. The summed E-state index contributed by atoms with van der Waals surface area (Å²) in [6, 6.07) is 7.86. The number of para-hydroxylation sites is 1. The van der Waals surface area contributed by atoms with Crippen molar-refractivity contribution in [3.05, 3.63) is 29.8 Å². The molecule has 90 valence electrons. The fourth-order valence-corrected chi connectivity index (χ4v) is 2.61. The van der Waals surface area contributed by atoms with Crippen LogP contribution in [0.1, 0.15) is 12.0 Å². The van der Waals surface area contributed by atoms with Crippen LogP contribution in [0.25, 0.3) is 0 Å². The Morgan fingerprint density at radius 3 is 2.94 bits per heavy atom. The molecule has 0 aliphatic carbocycles. The van der Waals surface area contributed by atoms with Crippen LogP contribution in [0.2, 0.25) is 0 Å². The molecule has 1 saturated heterocycles. The van der Waals surface area contributed by atoms with E-state index in [9.17, 15) is 9.90 Å². The van der Waals surface area contributed by atoms with Crippen molar-refractivity contribution in [3.63, 3.8) is 0 Å². The highest BCUT2D eigenvalue weighted by atomic mass is 16.3. The van der Waals surface area contributed by atoms with Crippen LogP contribution in [0.15, 0.2) is 24.3 Å². The van der Waals surface area contributed by atoms with Gasteiger partial charge in [0.05, 0.1) is 6.10 Å². The van der Waals surface area contributed by atoms with E-state index in [4.69, 9.17) is 0 Å². The fraction of sp³-hybridized carbons (Fsp3) is 0.462. The van der Waals surface area contributed by atoms with Gasteiger partial charge in [-0.2, -0.15) is 0 Å². The predicted octanol–water partition coefficient (Wildman–Crippen LogP) is 0.616. The lowest BCUT2D eigenvalue weighted by molar-refractivity contribution is -0.131. The number of amides is 1. The van der Waals surface area contributed by atoms with Gasteiger partial charge in [-0.15, -0.1) is 0 Å². The van der Waals surface area contributed by atoms with Gasteiger partial charge in [0, 0.05) is 25.2 Å². The van der Waals surface area contributed by atoms with Crippen molar-refractivity contribution >= 4 is 11.6 Å². The number of carbonyl (C=O) groups is 1. The zero-order valence-electron chi connectivity index (χ0n) is 9.60. The van der Waals surface area contributed by atoms with Crippen LogP contribution in [0, 0.1) is 0 Å². The Morgan fingerprint density at radius 2 is 2.24 bits per heavy atom. The quantitative estimate of drug-likeness (QED) is 0.746. The molecule has 2 aliphatic rings. The monoisotopic (exact) mass is 232 g/mol. The van der Waals surface area contributed by atoms with Gasteiger partial charge < -0.3 is 15.3 Å². The molecule has 1 aromatic rings. The molecule has 0 saturated carbocycles. The van der Waals surface area contributed by atoms with Gasteiger partial charge in [0.1, 0.15) is 6.04 Å². The summed E-state index contributed by atoms with van der Waals surface area (Å²) in [5.41, 5.74) is 2.26.